The maximum Gasteiger partial charge on any atom is 0.511 e. The summed E-state index contributed by atoms with van der Waals surface area (Å²) in [5, 5.41) is 19.7. The number of nitrogens with zero attached hydrogens (tertiary/aromatic N) is 5. The molecule has 3 aromatic rings. The van der Waals surface area contributed by atoms with Crippen LogP contribution in [0.25, 0.3) is 16.9 Å². The number of halogens is 3. The number of ether oxygens (including phenoxy) is 2. The molecule has 0 spiro atoms. The summed E-state index contributed by atoms with van der Waals surface area (Å²) in [5.74, 6) is -1.11. The van der Waals surface area contributed by atoms with E-state index in [9.17, 15) is 36.4 Å². The van der Waals surface area contributed by atoms with Gasteiger partial charge in [0.15, 0.2) is 12.2 Å². The molecule has 0 radical (unpaired) electrons. The van der Waals surface area contributed by atoms with Gasteiger partial charge in [0, 0.05) is 12.5 Å². The second-order valence-corrected chi connectivity index (χ2v) is 10.5. The summed E-state index contributed by atoms with van der Waals surface area (Å²) in [4.78, 5) is 27.7. The van der Waals surface area contributed by atoms with Crippen LogP contribution in [0, 0.1) is 12.1 Å². The average molecular weight is 629 g/mol. The number of sulfonamides is 1. The molecule has 3 rings (SSSR count). The number of nitrogens with one attached hydrogen (secondary N) is 1. The van der Waals surface area contributed by atoms with E-state index in [1.54, 1.807) is 29.0 Å². The monoisotopic (exact) mass is 628 g/mol. The molecule has 0 fully saturated rings. The molecule has 0 saturated heterocycles. The minimum atomic E-state index is -4.72. The average Bonchev–Trinajstić information content (AvgIpc) is 3.41. The Labute approximate surface area is 243 Å². The van der Waals surface area contributed by atoms with E-state index in [1.165, 1.54) is 26.0 Å². The predicted molar refractivity (Wildman–Crippen MR) is 141 cm³/mol. The SMILES string of the molecule is CCN(CC(=O)NS(=O)(=O)c1ccc(-n2nc(C(F)(F)F)cc2-c2ccc(C)cc2)cc1)[N+]([O-])=NOC(C)OC(=O)OC. The number of benzene rings is 2. The summed E-state index contributed by atoms with van der Waals surface area (Å²) in [7, 11) is -3.40. The fraction of sp³-hybridized carbons (Fsp3) is 0.320. The van der Waals surface area contributed by atoms with E-state index in [0.29, 0.717) is 5.56 Å². The van der Waals surface area contributed by atoms with Crippen LogP contribution in [-0.2, 0) is 35.3 Å². The van der Waals surface area contributed by atoms with Gasteiger partial charge in [-0.1, -0.05) is 29.8 Å². The van der Waals surface area contributed by atoms with E-state index < -0.39 is 46.8 Å². The number of amides is 1. The maximum atomic E-state index is 13.5. The van der Waals surface area contributed by atoms with Crippen molar-refractivity contribution in [2.45, 2.75) is 38.1 Å². The first-order chi connectivity index (χ1) is 20.1. The number of rotatable bonds is 11. The molecule has 0 bridgehead atoms. The molecule has 232 valence electrons. The van der Waals surface area contributed by atoms with Crippen LogP contribution in [0.3, 0.4) is 0 Å². The predicted octanol–water partition coefficient (Wildman–Crippen LogP) is 3.93. The number of likely N-dealkylation sites (N-methyl/N-ethyl adjacent to an activating group) is 1. The molecule has 14 nitrogen and oxygen atoms in total. The van der Waals surface area contributed by atoms with Crippen LogP contribution in [0.4, 0.5) is 18.0 Å². The first-order valence-corrected chi connectivity index (χ1v) is 13.9. The van der Waals surface area contributed by atoms with E-state index in [-0.39, 0.29) is 27.8 Å². The zero-order valence-corrected chi connectivity index (χ0v) is 24.0. The van der Waals surface area contributed by atoms with Crippen LogP contribution < -0.4 is 4.72 Å². The molecule has 1 heterocycles. The van der Waals surface area contributed by atoms with Crippen molar-refractivity contribution in [3.05, 3.63) is 71.1 Å². The van der Waals surface area contributed by atoms with Gasteiger partial charge < -0.3 is 14.7 Å². The van der Waals surface area contributed by atoms with Crippen LogP contribution in [0.1, 0.15) is 25.1 Å². The summed E-state index contributed by atoms with van der Waals surface area (Å²) in [6.07, 6.45) is -7.12. The van der Waals surface area contributed by atoms with Crippen molar-refractivity contribution in [3.63, 3.8) is 0 Å². The van der Waals surface area contributed by atoms with Gasteiger partial charge in [0.2, 0.25) is 5.28 Å². The molecule has 1 unspecified atom stereocenters. The Kier molecular flexibility index (Phi) is 10.2. The Balaban J connectivity index is 1.76. The molecule has 0 saturated carbocycles. The van der Waals surface area contributed by atoms with Gasteiger partial charge in [0.05, 0.1) is 34.9 Å². The Bertz CT molecular complexity index is 1580. The molecular weight excluding hydrogens is 601 g/mol. The fourth-order valence-corrected chi connectivity index (χ4v) is 4.45. The minimum absolute atomic E-state index is 0.0993. The highest BCUT2D eigenvalue weighted by atomic mass is 32.2. The van der Waals surface area contributed by atoms with Crippen molar-refractivity contribution < 1.29 is 50.5 Å². The van der Waals surface area contributed by atoms with Crippen molar-refractivity contribution in [2.75, 3.05) is 20.2 Å². The van der Waals surface area contributed by atoms with Gasteiger partial charge >= 0.3 is 12.3 Å². The highest BCUT2D eigenvalue weighted by Gasteiger charge is 2.35. The topological polar surface area (TPSA) is 167 Å². The molecular formula is C25H27F3N6O8S. The Morgan fingerprint density at radius 3 is 2.35 bits per heavy atom. The van der Waals surface area contributed by atoms with E-state index in [2.05, 4.69) is 24.7 Å². The van der Waals surface area contributed by atoms with Crippen molar-refractivity contribution >= 4 is 22.1 Å². The van der Waals surface area contributed by atoms with Gasteiger partial charge in [-0.3, -0.25) is 9.63 Å². The number of hydrazine groups is 1. The standard InChI is InChI=1S/C25H27F3N6O8S/c1-5-32(34(37)31-42-17(3)41-24(36)40-4)15-23(35)30-43(38,39)20-12-10-19(11-13-20)33-21(14-22(29-33)25(26,27)28)18-8-6-16(2)7-9-18/h6-14,17H,5,15H2,1-4H3,(H,30,35). The molecule has 43 heavy (non-hydrogen) atoms. The number of hydrogen-bond donors (Lipinski definition) is 1. The van der Waals surface area contributed by atoms with Crippen LogP contribution in [0.15, 0.2) is 64.8 Å². The quantitative estimate of drug-likeness (QED) is 0.108. The number of methoxy groups -OCH3 is 1. The zero-order chi connectivity index (χ0) is 31.9. The van der Waals surface area contributed by atoms with Crippen molar-refractivity contribution in [1.82, 2.24) is 19.5 Å². The third kappa shape index (κ3) is 8.57. The molecule has 2 aromatic carbocycles. The molecule has 1 N–H and O–H groups in total. The molecule has 0 aliphatic carbocycles. The number of carbonyl (C=O) groups is 2. The van der Waals surface area contributed by atoms with Gasteiger partial charge in [-0.2, -0.15) is 18.3 Å². The Morgan fingerprint density at radius 1 is 1.16 bits per heavy atom. The van der Waals surface area contributed by atoms with Gasteiger partial charge in [0.25, 0.3) is 22.2 Å². The van der Waals surface area contributed by atoms with E-state index in [1.807, 2.05) is 6.92 Å². The smallest absolute Gasteiger partial charge is 0.511 e. The number of aromatic nitrogens is 2. The van der Waals surface area contributed by atoms with Crippen molar-refractivity contribution in [3.8, 4) is 16.9 Å². The van der Waals surface area contributed by atoms with Crippen molar-refractivity contribution in [1.29, 1.82) is 0 Å². The fourth-order valence-electron chi connectivity index (χ4n) is 3.48. The van der Waals surface area contributed by atoms with E-state index in [4.69, 9.17) is 0 Å². The summed E-state index contributed by atoms with van der Waals surface area (Å²) in [6, 6.07) is 12.2. The van der Waals surface area contributed by atoms with E-state index >= 15 is 0 Å². The normalized spacial score (nSPS) is 12.8. The number of aryl methyl sites for hydroxylation is 1. The summed E-state index contributed by atoms with van der Waals surface area (Å²) < 4.78 is 77.7. The molecule has 1 amide bonds. The summed E-state index contributed by atoms with van der Waals surface area (Å²) in [6.45, 7) is 3.67. The lowest BCUT2D eigenvalue weighted by Crippen LogP contribution is -2.42. The van der Waals surface area contributed by atoms with Gasteiger partial charge in [-0.05, 0) is 44.2 Å². The molecule has 1 atom stereocenters. The van der Waals surface area contributed by atoms with Gasteiger partial charge in [0.1, 0.15) is 0 Å². The largest absolute Gasteiger partial charge is 0.569 e. The van der Waals surface area contributed by atoms with Crippen LogP contribution in [0.2, 0.25) is 0 Å². The lowest BCUT2D eigenvalue weighted by molar-refractivity contribution is -0.710. The van der Waals surface area contributed by atoms with Crippen LogP contribution in [-0.4, -0.2) is 66.7 Å². The summed E-state index contributed by atoms with van der Waals surface area (Å²) >= 11 is 0. The van der Waals surface area contributed by atoms with E-state index in [0.717, 1.165) is 40.6 Å². The second kappa shape index (κ2) is 13.4. The lowest BCUT2D eigenvalue weighted by Gasteiger charge is -2.16. The van der Waals surface area contributed by atoms with Crippen LogP contribution in [0.5, 0.6) is 0 Å². The summed E-state index contributed by atoms with van der Waals surface area (Å²) in [5.41, 5.74) is 0.465. The Morgan fingerprint density at radius 2 is 1.79 bits per heavy atom. The lowest BCUT2D eigenvalue weighted by atomic mass is 10.1. The number of alkyl halides is 3. The van der Waals surface area contributed by atoms with Crippen LogP contribution >= 0.6 is 0 Å². The molecule has 0 aliphatic rings. The first kappa shape index (κ1) is 32.6. The third-order valence-corrected chi connectivity index (χ3v) is 7.00. The molecule has 0 aliphatic heterocycles. The highest BCUT2D eigenvalue weighted by Crippen LogP contribution is 2.33. The molecule has 18 heteroatoms. The van der Waals surface area contributed by atoms with Gasteiger partial charge in [-0.25, -0.2) is 22.6 Å². The highest BCUT2D eigenvalue weighted by molar-refractivity contribution is 7.90. The zero-order valence-electron chi connectivity index (χ0n) is 23.2. The maximum absolute atomic E-state index is 13.5. The minimum Gasteiger partial charge on any atom is -0.569 e. The number of hydrogen-bond acceptors (Lipinski definition) is 10. The number of carbonyl (C=O) groups excluding carboxylic acids is 2. The van der Waals surface area contributed by atoms with Crippen molar-refractivity contribution in [2.24, 2.45) is 5.28 Å². The first-order valence-electron chi connectivity index (χ1n) is 12.4. The molecule has 1 aromatic heterocycles. The Hall–Kier alpha value is -4.87. The van der Waals surface area contributed by atoms with Gasteiger partial charge in [-0.15, -0.1) is 5.01 Å². The third-order valence-electron chi connectivity index (χ3n) is 5.61. The second-order valence-electron chi connectivity index (χ2n) is 8.77.